The minimum Gasteiger partial charge on any atom is -0.394 e. The predicted octanol–water partition coefficient (Wildman–Crippen LogP) is -8.93. The average molecular weight is 728 g/mol. The second kappa shape index (κ2) is 18.0. The van der Waals surface area contributed by atoms with Crippen molar-refractivity contribution in [3.63, 3.8) is 0 Å². The maximum atomic E-state index is 11.3. The zero-order valence-electron chi connectivity index (χ0n) is 27.9. The standard InChI is InChI=1S/C29H57N7O14/c30-8-13-19(40)21(42)16(33)27(45-13)49-24-15(10-38)47-29(26(24)44-6-5-36-3-1-35-2-4-36)50-25-18(39)11(31)7-12(32)23(25)48-28-17(34)22(43)20(41)14(9-37)46-28/h11-29,35,37-43H,1-10,30-34H2/t11-,12+,13+,14-,15-,16-,17-,18+,19-,20-,21-,22-,23-,24-,25-,26-,27-,28-,29+/m1/s1. The number of nitrogens with one attached hydrogen (secondary N) is 1. The highest BCUT2D eigenvalue weighted by molar-refractivity contribution is 5.02. The Morgan fingerprint density at radius 1 is 0.620 bits per heavy atom. The fourth-order valence-corrected chi connectivity index (χ4v) is 7.11. The molecular weight excluding hydrogens is 670 g/mol. The van der Waals surface area contributed by atoms with Crippen LogP contribution < -0.4 is 34.0 Å². The molecule has 0 amide bonds. The van der Waals surface area contributed by atoms with Crippen LogP contribution in [0.4, 0.5) is 0 Å². The first-order valence-corrected chi connectivity index (χ1v) is 17.2. The quantitative estimate of drug-likeness (QED) is 0.0837. The van der Waals surface area contributed by atoms with E-state index in [1.807, 2.05) is 0 Å². The van der Waals surface area contributed by atoms with Crippen molar-refractivity contribution in [3.8, 4) is 0 Å². The van der Waals surface area contributed by atoms with Gasteiger partial charge in [-0.25, -0.2) is 0 Å². The van der Waals surface area contributed by atoms with Crippen LogP contribution in [0.2, 0.25) is 0 Å². The third-order valence-electron chi connectivity index (χ3n) is 10.2. The van der Waals surface area contributed by atoms with E-state index in [0.717, 1.165) is 26.2 Å². The van der Waals surface area contributed by atoms with Gasteiger partial charge in [0.25, 0.3) is 0 Å². The lowest BCUT2D eigenvalue weighted by Gasteiger charge is -2.47. The minimum absolute atomic E-state index is 0.0940. The summed E-state index contributed by atoms with van der Waals surface area (Å²) < 4.78 is 42.6. The van der Waals surface area contributed by atoms with Gasteiger partial charge in [0.2, 0.25) is 0 Å². The molecule has 21 nitrogen and oxygen atoms in total. The van der Waals surface area contributed by atoms with Gasteiger partial charge in [0.15, 0.2) is 18.9 Å². The Morgan fingerprint density at radius 2 is 1.16 bits per heavy atom. The van der Waals surface area contributed by atoms with E-state index >= 15 is 0 Å². The van der Waals surface area contributed by atoms with Crippen LogP contribution in [0.15, 0.2) is 0 Å². The molecule has 19 atom stereocenters. The van der Waals surface area contributed by atoms with Crippen LogP contribution in [0.1, 0.15) is 6.42 Å². The Bertz CT molecular complexity index is 1040. The van der Waals surface area contributed by atoms with Gasteiger partial charge in [-0.05, 0) is 6.42 Å². The van der Waals surface area contributed by atoms with Crippen molar-refractivity contribution in [3.05, 3.63) is 0 Å². The first kappa shape index (κ1) is 40.3. The smallest absolute Gasteiger partial charge is 0.187 e. The van der Waals surface area contributed by atoms with Crippen molar-refractivity contribution in [2.75, 3.05) is 59.1 Å². The van der Waals surface area contributed by atoms with E-state index in [1.165, 1.54) is 0 Å². The van der Waals surface area contributed by atoms with E-state index in [1.54, 1.807) is 0 Å². The maximum absolute atomic E-state index is 11.3. The Labute approximate surface area is 289 Å². The molecule has 4 aliphatic heterocycles. The molecule has 0 aromatic carbocycles. The van der Waals surface area contributed by atoms with Crippen LogP contribution in [0.5, 0.6) is 0 Å². The highest BCUT2D eigenvalue weighted by Crippen LogP contribution is 2.35. The molecule has 4 heterocycles. The molecular formula is C29H57N7O14. The summed E-state index contributed by atoms with van der Waals surface area (Å²) in [4.78, 5) is 2.19. The van der Waals surface area contributed by atoms with Gasteiger partial charge in [-0.15, -0.1) is 0 Å². The molecule has 0 unspecified atom stereocenters. The third kappa shape index (κ3) is 8.75. The number of aliphatic hydroxyl groups is 7. The Hall–Kier alpha value is -0.840. The lowest BCUT2D eigenvalue weighted by Crippen LogP contribution is -2.68. The molecule has 0 aromatic heterocycles. The van der Waals surface area contributed by atoms with Crippen molar-refractivity contribution >= 4 is 0 Å². The third-order valence-corrected chi connectivity index (χ3v) is 10.2. The number of nitrogens with two attached hydrogens (primary N) is 5. The SMILES string of the molecule is NC[C@@H]1O[C@H](O[C@H]2[C@@H](OCCN3CCNCC3)[C@H](O[C@@H]3[C@@H](O)[C@H](N)C[C@H](N)[C@H]3O[C@H]3O[C@H](CO)[C@@H](O)[C@H](O)[C@H]3N)O[C@@H]2CO)[C@H](N)[C@@H](O)[C@@H]1O. The highest BCUT2D eigenvalue weighted by atomic mass is 16.8. The normalized spacial score (nSPS) is 49.3. The second-order valence-electron chi connectivity index (χ2n) is 13.6. The van der Waals surface area contributed by atoms with Crippen molar-refractivity contribution in [2.24, 2.45) is 28.7 Å². The van der Waals surface area contributed by atoms with Crippen LogP contribution in [0, 0.1) is 0 Å². The summed E-state index contributed by atoms with van der Waals surface area (Å²) in [6.07, 6.45) is -19.1. The molecule has 18 N–H and O–H groups in total. The lowest BCUT2D eigenvalue weighted by molar-refractivity contribution is -0.312. The number of hydrogen-bond acceptors (Lipinski definition) is 21. The molecule has 0 radical (unpaired) electrons. The molecule has 292 valence electrons. The number of aliphatic hydroxyl groups excluding tert-OH is 7. The second-order valence-corrected chi connectivity index (χ2v) is 13.6. The fourth-order valence-electron chi connectivity index (χ4n) is 7.11. The average Bonchev–Trinajstić information content (AvgIpc) is 3.44. The summed E-state index contributed by atoms with van der Waals surface area (Å²) in [5.41, 5.74) is 30.8. The van der Waals surface area contributed by atoms with E-state index in [-0.39, 0.29) is 19.6 Å². The molecule has 5 aliphatic rings. The molecule has 1 aliphatic carbocycles. The van der Waals surface area contributed by atoms with E-state index in [4.69, 9.17) is 61.8 Å². The van der Waals surface area contributed by atoms with Gasteiger partial charge in [-0.3, -0.25) is 4.90 Å². The minimum atomic E-state index is -1.51. The van der Waals surface area contributed by atoms with Crippen LogP contribution in [-0.2, 0) is 33.2 Å². The lowest BCUT2D eigenvalue weighted by atomic mass is 9.84. The molecule has 0 aromatic rings. The number of ether oxygens (including phenoxy) is 7. The summed E-state index contributed by atoms with van der Waals surface area (Å²) in [6, 6.07) is -4.19. The maximum Gasteiger partial charge on any atom is 0.187 e. The molecule has 0 bridgehead atoms. The number of piperazine rings is 1. The zero-order chi connectivity index (χ0) is 36.3. The molecule has 21 heteroatoms. The van der Waals surface area contributed by atoms with Crippen LogP contribution >= 0.6 is 0 Å². The van der Waals surface area contributed by atoms with Crippen LogP contribution in [-0.4, -0.2) is 216 Å². The van der Waals surface area contributed by atoms with Crippen LogP contribution in [0.3, 0.4) is 0 Å². The molecule has 5 fully saturated rings. The summed E-state index contributed by atoms with van der Waals surface area (Å²) in [6.45, 7) is 2.58. The molecule has 0 spiro atoms. The van der Waals surface area contributed by atoms with Gasteiger partial charge in [-0.1, -0.05) is 0 Å². The topological polar surface area (TPSA) is 352 Å². The van der Waals surface area contributed by atoms with Crippen molar-refractivity contribution in [1.82, 2.24) is 10.2 Å². The van der Waals surface area contributed by atoms with Gasteiger partial charge in [0, 0.05) is 51.4 Å². The fraction of sp³-hybridized carbons (Fsp3) is 1.00. The van der Waals surface area contributed by atoms with Crippen LogP contribution in [0.25, 0.3) is 0 Å². The monoisotopic (exact) mass is 727 g/mol. The van der Waals surface area contributed by atoms with Gasteiger partial charge in [0.1, 0.15) is 67.1 Å². The zero-order valence-corrected chi connectivity index (χ0v) is 27.9. The first-order valence-electron chi connectivity index (χ1n) is 17.2. The molecule has 4 saturated heterocycles. The van der Waals surface area contributed by atoms with E-state index in [0.29, 0.717) is 6.54 Å². The summed E-state index contributed by atoms with van der Waals surface area (Å²) in [7, 11) is 0. The summed E-state index contributed by atoms with van der Waals surface area (Å²) >= 11 is 0. The first-order chi connectivity index (χ1) is 23.9. The highest BCUT2D eigenvalue weighted by Gasteiger charge is 2.55. The largest absolute Gasteiger partial charge is 0.394 e. The van der Waals surface area contributed by atoms with Crippen molar-refractivity contribution in [1.29, 1.82) is 0 Å². The van der Waals surface area contributed by atoms with Gasteiger partial charge >= 0.3 is 0 Å². The molecule has 1 saturated carbocycles. The van der Waals surface area contributed by atoms with E-state index in [2.05, 4.69) is 10.2 Å². The summed E-state index contributed by atoms with van der Waals surface area (Å²) in [5, 5.41) is 76.4. The summed E-state index contributed by atoms with van der Waals surface area (Å²) in [5.74, 6) is 0. The van der Waals surface area contributed by atoms with Gasteiger partial charge in [0.05, 0.1) is 38.0 Å². The predicted molar refractivity (Wildman–Crippen MR) is 169 cm³/mol. The Morgan fingerprint density at radius 3 is 1.76 bits per heavy atom. The number of nitrogens with zero attached hydrogens (tertiary/aromatic N) is 1. The van der Waals surface area contributed by atoms with Gasteiger partial charge < -0.3 is 103 Å². The van der Waals surface area contributed by atoms with E-state index < -0.39 is 129 Å². The van der Waals surface area contributed by atoms with Crippen molar-refractivity contribution in [2.45, 2.75) is 123 Å². The Balaban J connectivity index is 1.38. The Kier molecular flexibility index (Phi) is 14.5. The van der Waals surface area contributed by atoms with Gasteiger partial charge in [-0.2, -0.15) is 0 Å². The molecule has 50 heavy (non-hydrogen) atoms. The van der Waals surface area contributed by atoms with E-state index in [9.17, 15) is 35.7 Å². The number of hydrogen-bond donors (Lipinski definition) is 13. The van der Waals surface area contributed by atoms with Crippen molar-refractivity contribution < 1.29 is 68.9 Å². The number of rotatable bonds is 13. The molecule has 5 rings (SSSR count).